The Bertz CT molecular complexity index is 403. The van der Waals surface area contributed by atoms with Crippen LogP contribution in [0.1, 0.15) is 25.8 Å². The molecule has 1 fully saturated rings. The summed E-state index contributed by atoms with van der Waals surface area (Å²) < 4.78 is 23.8. The van der Waals surface area contributed by atoms with Crippen LogP contribution >= 0.6 is 9.24 Å². The molecule has 0 amide bonds. The molecular formula is C16H24FO2P. The third kappa shape index (κ3) is 5.49. The van der Waals surface area contributed by atoms with Crippen molar-refractivity contribution >= 4 is 9.24 Å². The number of halogens is 1. The second kappa shape index (κ2) is 10.7. The molecule has 3 rings (SSSR count). The van der Waals surface area contributed by atoms with E-state index in [1.807, 2.05) is 20.5 Å². The summed E-state index contributed by atoms with van der Waals surface area (Å²) in [7, 11) is 2.42. The lowest BCUT2D eigenvalue weighted by atomic mass is 10.0. The molecule has 4 heteroatoms. The van der Waals surface area contributed by atoms with Gasteiger partial charge < -0.3 is 9.47 Å². The Hall–Kier alpha value is -1.10. The van der Waals surface area contributed by atoms with E-state index in [1.54, 1.807) is 12.1 Å². The van der Waals surface area contributed by atoms with E-state index in [1.165, 1.54) is 6.07 Å². The molecule has 0 aliphatic carbocycles. The van der Waals surface area contributed by atoms with E-state index in [4.69, 9.17) is 9.47 Å². The number of fused-ring (bicyclic) bond motifs is 1. The van der Waals surface area contributed by atoms with E-state index in [2.05, 4.69) is 22.1 Å². The van der Waals surface area contributed by atoms with Crippen LogP contribution in [-0.2, 0) is 11.2 Å². The summed E-state index contributed by atoms with van der Waals surface area (Å²) in [5.41, 5.74) is 0.974. The number of aryl methyl sites for hydroxylation is 1. The van der Waals surface area contributed by atoms with Gasteiger partial charge in [0, 0.05) is 0 Å². The first-order chi connectivity index (χ1) is 9.83. The van der Waals surface area contributed by atoms with Crippen molar-refractivity contribution in [3.05, 3.63) is 29.6 Å². The fraction of sp³-hybridized carbons (Fsp3) is 0.500. The predicted octanol–water partition coefficient (Wildman–Crippen LogP) is 3.69. The van der Waals surface area contributed by atoms with Crippen LogP contribution in [0.25, 0.3) is 0 Å². The Morgan fingerprint density at radius 2 is 1.80 bits per heavy atom. The Balaban J connectivity index is 0.000000538. The first kappa shape index (κ1) is 18.9. The van der Waals surface area contributed by atoms with Crippen LogP contribution in [0.5, 0.6) is 5.75 Å². The summed E-state index contributed by atoms with van der Waals surface area (Å²) in [6, 6.07) is 4.70. The molecular weight excluding hydrogens is 274 g/mol. The number of hydrogen-bond donors (Lipinski definition) is 0. The van der Waals surface area contributed by atoms with Crippen LogP contribution in [0.15, 0.2) is 18.2 Å². The SMILES string of the molecule is C#C.CC.CP.Fc1ccc2c(c1)CCC([C@@H]1CO1)O2. The molecule has 2 heterocycles. The van der Waals surface area contributed by atoms with Crippen LogP contribution in [0, 0.1) is 18.7 Å². The van der Waals surface area contributed by atoms with Gasteiger partial charge in [-0.05, 0) is 36.6 Å². The molecule has 0 aromatic heterocycles. The zero-order chi connectivity index (χ0) is 15.5. The van der Waals surface area contributed by atoms with Crippen molar-refractivity contribution in [3.8, 4) is 18.6 Å². The van der Waals surface area contributed by atoms with Gasteiger partial charge in [0.05, 0.1) is 6.61 Å². The molecule has 2 aliphatic rings. The third-order valence-electron chi connectivity index (χ3n) is 2.77. The molecule has 1 saturated heterocycles. The lowest BCUT2D eigenvalue weighted by Gasteiger charge is -2.24. The fourth-order valence-corrected chi connectivity index (χ4v) is 1.91. The highest BCUT2D eigenvalue weighted by Crippen LogP contribution is 2.32. The van der Waals surface area contributed by atoms with Crippen LogP contribution in [0.2, 0.25) is 0 Å². The lowest BCUT2D eigenvalue weighted by Crippen LogP contribution is -2.27. The summed E-state index contributed by atoms with van der Waals surface area (Å²) in [4.78, 5) is 0. The van der Waals surface area contributed by atoms with Gasteiger partial charge in [0.2, 0.25) is 0 Å². The van der Waals surface area contributed by atoms with Crippen molar-refractivity contribution in [2.45, 2.75) is 38.9 Å². The molecule has 2 nitrogen and oxygen atoms in total. The van der Waals surface area contributed by atoms with Crippen LogP contribution in [0.3, 0.4) is 0 Å². The average Bonchev–Trinajstić information content (AvgIpc) is 3.38. The molecule has 2 unspecified atom stereocenters. The van der Waals surface area contributed by atoms with Gasteiger partial charge in [-0.2, -0.15) is 0 Å². The number of terminal acetylenes is 1. The summed E-state index contributed by atoms with van der Waals surface area (Å²) in [5.74, 6) is 0.631. The zero-order valence-corrected chi connectivity index (χ0v) is 13.6. The second-order valence-corrected chi connectivity index (χ2v) is 3.82. The van der Waals surface area contributed by atoms with Crippen molar-refractivity contribution in [2.75, 3.05) is 13.3 Å². The Morgan fingerprint density at radius 1 is 1.20 bits per heavy atom. The van der Waals surface area contributed by atoms with Gasteiger partial charge in [0.1, 0.15) is 23.8 Å². The predicted molar refractivity (Wildman–Crippen MR) is 85.7 cm³/mol. The van der Waals surface area contributed by atoms with Gasteiger partial charge in [0.15, 0.2) is 0 Å². The van der Waals surface area contributed by atoms with Gasteiger partial charge in [-0.15, -0.1) is 22.1 Å². The Kier molecular flexibility index (Phi) is 10.1. The van der Waals surface area contributed by atoms with Crippen LogP contribution in [0.4, 0.5) is 4.39 Å². The third-order valence-corrected chi connectivity index (χ3v) is 2.77. The van der Waals surface area contributed by atoms with Crippen molar-refractivity contribution < 1.29 is 13.9 Å². The van der Waals surface area contributed by atoms with Gasteiger partial charge >= 0.3 is 0 Å². The summed E-state index contributed by atoms with van der Waals surface area (Å²) in [6.07, 6.45) is 10.3. The summed E-state index contributed by atoms with van der Waals surface area (Å²) in [5, 5.41) is 0. The Labute approximate surface area is 124 Å². The highest BCUT2D eigenvalue weighted by molar-refractivity contribution is 7.15. The molecule has 0 spiro atoms. The maximum Gasteiger partial charge on any atom is 0.127 e. The van der Waals surface area contributed by atoms with Crippen molar-refractivity contribution in [2.24, 2.45) is 0 Å². The van der Waals surface area contributed by atoms with Crippen molar-refractivity contribution in [3.63, 3.8) is 0 Å². The molecule has 112 valence electrons. The first-order valence-corrected chi connectivity index (χ1v) is 7.96. The average molecular weight is 298 g/mol. The zero-order valence-electron chi connectivity index (χ0n) is 12.4. The van der Waals surface area contributed by atoms with Gasteiger partial charge in [-0.3, -0.25) is 0 Å². The highest BCUT2D eigenvalue weighted by Gasteiger charge is 2.36. The minimum atomic E-state index is -0.187. The largest absolute Gasteiger partial charge is 0.487 e. The second-order valence-electron chi connectivity index (χ2n) is 3.82. The summed E-state index contributed by atoms with van der Waals surface area (Å²) >= 11 is 0. The maximum absolute atomic E-state index is 12.9. The standard InChI is InChI=1S/C11H11FO2.C2H6.C2H2.CH5P/c12-8-2-4-9-7(5-8)1-3-10(14-9)11-6-13-11;3*1-2/h2,4-5,10-11H,1,3,6H2;1-2H3;1-2H;2H2,1H3/t10?,11-;;;/m0.../s1. The number of hydrogen-bond acceptors (Lipinski definition) is 2. The van der Waals surface area contributed by atoms with Crippen molar-refractivity contribution in [1.29, 1.82) is 0 Å². The van der Waals surface area contributed by atoms with Crippen LogP contribution in [-0.4, -0.2) is 25.5 Å². The van der Waals surface area contributed by atoms with E-state index in [0.717, 1.165) is 30.8 Å². The lowest BCUT2D eigenvalue weighted by molar-refractivity contribution is 0.136. The summed E-state index contributed by atoms with van der Waals surface area (Å²) in [6.45, 7) is 6.72. The van der Waals surface area contributed by atoms with Gasteiger partial charge in [-0.25, -0.2) is 4.39 Å². The van der Waals surface area contributed by atoms with Gasteiger partial charge in [0.25, 0.3) is 0 Å². The number of epoxide rings is 1. The topological polar surface area (TPSA) is 21.8 Å². The smallest absolute Gasteiger partial charge is 0.127 e. The number of rotatable bonds is 1. The van der Waals surface area contributed by atoms with E-state index in [-0.39, 0.29) is 18.0 Å². The number of benzene rings is 1. The molecule has 0 bridgehead atoms. The van der Waals surface area contributed by atoms with Crippen LogP contribution < -0.4 is 4.74 Å². The first-order valence-electron chi connectivity index (χ1n) is 6.81. The number of ether oxygens (including phenoxy) is 2. The highest BCUT2D eigenvalue weighted by atomic mass is 31.0. The molecule has 20 heavy (non-hydrogen) atoms. The van der Waals surface area contributed by atoms with E-state index >= 15 is 0 Å². The molecule has 0 N–H and O–H groups in total. The fourth-order valence-electron chi connectivity index (χ4n) is 1.91. The Morgan fingerprint density at radius 3 is 2.35 bits per heavy atom. The van der Waals surface area contributed by atoms with E-state index in [9.17, 15) is 4.39 Å². The maximum atomic E-state index is 12.9. The molecule has 2 aliphatic heterocycles. The van der Waals surface area contributed by atoms with Gasteiger partial charge in [-0.1, -0.05) is 20.5 Å². The minimum Gasteiger partial charge on any atom is -0.487 e. The molecule has 1 aromatic carbocycles. The normalized spacial score (nSPS) is 21.1. The minimum absolute atomic E-state index is 0.174. The molecule has 1 aromatic rings. The molecule has 0 saturated carbocycles. The quantitative estimate of drug-likeness (QED) is 0.448. The molecule has 0 radical (unpaired) electrons. The molecule has 3 atom stereocenters. The van der Waals surface area contributed by atoms with E-state index in [0.29, 0.717) is 0 Å². The monoisotopic (exact) mass is 298 g/mol. The van der Waals surface area contributed by atoms with Crippen molar-refractivity contribution in [1.82, 2.24) is 0 Å². The van der Waals surface area contributed by atoms with E-state index < -0.39 is 0 Å².